The van der Waals surface area contributed by atoms with E-state index >= 15 is 0 Å². The second kappa shape index (κ2) is 5.67. The Morgan fingerprint density at radius 2 is 2.21 bits per heavy atom. The van der Waals surface area contributed by atoms with Crippen LogP contribution in [0.4, 0.5) is 5.69 Å². The van der Waals surface area contributed by atoms with Gasteiger partial charge in [-0.05, 0) is 30.7 Å². The number of rotatable bonds is 3. The van der Waals surface area contributed by atoms with E-state index in [1.54, 1.807) is 30.6 Å². The summed E-state index contributed by atoms with van der Waals surface area (Å²) in [7, 11) is 1.46. The number of ether oxygens (including phenoxy) is 1. The number of pyridine rings is 2. The number of halogens is 1. The predicted molar refractivity (Wildman–Crippen MR) is 72.7 cm³/mol. The molecule has 0 fully saturated rings. The fraction of sp³-hybridized carbons (Fsp3) is 0.154. The van der Waals surface area contributed by atoms with Crippen LogP contribution < -0.4 is 10.1 Å². The van der Waals surface area contributed by atoms with E-state index in [0.717, 1.165) is 5.56 Å². The molecule has 1 N–H and O–H groups in total. The van der Waals surface area contributed by atoms with E-state index in [-0.39, 0.29) is 16.9 Å². The third-order valence-corrected chi connectivity index (χ3v) is 2.73. The summed E-state index contributed by atoms with van der Waals surface area (Å²) in [5, 5.41) is 2.93. The van der Waals surface area contributed by atoms with Crippen molar-refractivity contribution >= 4 is 23.2 Å². The Balaban J connectivity index is 2.28. The van der Waals surface area contributed by atoms with Gasteiger partial charge in [-0.2, -0.15) is 0 Å². The van der Waals surface area contributed by atoms with Crippen LogP contribution in [0, 0.1) is 6.92 Å². The van der Waals surface area contributed by atoms with Crippen molar-refractivity contribution < 1.29 is 9.53 Å². The Bertz CT molecular complexity index is 617. The van der Waals surface area contributed by atoms with E-state index < -0.39 is 0 Å². The highest BCUT2D eigenvalue weighted by atomic mass is 35.5. The molecule has 19 heavy (non-hydrogen) atoms. The van der Waals surface area contributed by atoms with Crippen molar-refractivity contribution in [2.24, 2.45) is 0 Å². The lowest BCUT2D eigenvalue weighted by Gasteiger charge is -2.09. The van der Waals surface area contributed by atoms with Crippen LogP contribution in [0.15, 0.2) is 30.6 Å². The summed E-state index contributed by atoms with van der Waals surface area (Å²) in [5.74, 6) is -0.0871. The second-order valence-corrected chi connectivity index (χ2v) is 4.22. The van der Waals surface area contributed by atoms with E-state index in [1.807, 2.05) is 6.92 Å². The molecule has 2 heterocycles. The topological polar surface area (TPSA) is 64.1 Å². The molecule has 0 saturated carbocycles. The maximum absolute atomic E-state index is 12.1. The number of nitrogens with zero attached hydrogens (tertiary/aromatic N) is 2. The number of anilines is 1. The molecule has 0 aliphatic rings. The number of carbonyl (C=O) groups excluding carboxylic acids is 1. The van der Waals surface area contributed by atoms with Crippen LogP contribution in [-0.2, 0) is 0 Å². The van der Waals surface area contributed by atoms with E-state index in [1.165, 1.54) is 7.11 Å². The first-order valence-corrected chi connectivity index (χ1v) is 5.92. The summed E-state index contributed by atoms with van der Waals surface area (Å²) in [6, 6.07) is 5.03. The Morgan fingerprint density at radius 3 is 2.95 bits per heavy atom. The minimum absolute atomic E-state index is 0.238. The lowest BCUT2D eigenvalue weighted by molar-refractivity contribution is 0.102. The van der Waals surface area contributed by atoms with E-state index in [2.05, 4.69) is 15.3 Å². The highest BCUT2D eigenvalue weighted by molar-refractivity contribution is 6.32. The van der Waals surface area contributed by atoms with Crippen molar-refractivity contribution in [3.05, 3.63) is 46.9 Å². The average molecular weight is 278 g/mol. The van der Waals surface area contributed by atoms with Crippen LogP contribution in [0.5, 0.6) is 5.88 Å². The van der Waals surface area contributed by atoms with Crippen LogP contribution in [0.3, 0.4) is 0 Å². The zero-order chi connectivity index (χ0) is 13.8. The van der Waals surface area contributed by atoms with Gasteiger partial charge in [0.25, 0.3) is 5.91 Å². The normalized spacial score (nSPS) is 10.1. The molecule has 98 valence electrons. The molecule has 0 spiro atoms. The van der Waals surface area contributed by atoms with Crippen molar-refractivity contribution in [3.8, 4) is 5.88 Å². The van der Waals surface area contributed by atoms with Crippen molar-refractivity contribution in [1.82, 2.24) is 9.97 Å². The second-order valence-electron chi connectivity index (χ2n) is 3.87. The summed E-state index contributed by atoms with van der Waals surface area (Å²) in [6.07, 6.45) is 3.18. The molecule has 6 heteroatoms. The van der Waals surface area contributed by atoms with Crippen molar-refractivity contribution in [2.45, 2.75) is 6.92 Å². The minimum atomic E-state index is -0.348. The molecule has 5 nitrogen and oxygen atoms in total. The van der Waals surface area contributed by atoms with Gasteiger partial charge in [-0.1, -0.05) is 11.6 Å². The first-order chi connectivity index (χ1) is 9.11. The van der Waals surface area contributed by atoms with Gasteiger partial charge in [0, 0.05) is 12.4 Å². The molecule has 0 unspecified atom stereocenters. The van der Waals surface area contributed by atoms with Crippen LogP contribution in [-0.4, -0.2) is 23.0 Å². The summed E-state index contributed by atoms with van der Waals surface area (Å²) >= 11 is 5.93. The molecule has 2 aromatic heterocycles. The standard InChI is InChI=1S/C13H12ClN3O2/c1-8-6-10(11(14)16-7-8)17-12(18)9-4-3-5-15-13(9)19-2/h3-7H,1-2H3,(H,17,18). The summed E-state index contributed by atoms with van der Waals surface area (Å²) in [6.45, 7) is 1.86. The van der Waals surface area contributed by atoms with Crippen LogP contribution in [0.1, 0.15) is 15.9 Å². The fourth-order valence-corrected chi connectivity index (χ4v) is 1.71. The zero-order valence-electron chi connectivity index (χ0n) is 10.5. The lowest BCUT2D eigenvalue weighted by Crippen LogP contribution is -2.14. The van der Waals surface area contributed by atoms with Gasteiger partial charge in [0.2, 0.25) is 5.88 Å². The number of hydrogen-bond donors (Lipinski definition) is 1. The molecule has 0 atom stereocenters. The van der Waals surface area contributed by atoms with Gasteiger partial charge in [0.15, 0.2) is 5.15 Å². The third-order valence-electron chi connectivity index (χ3n) is 2.43. The molecule has 0 saturated heterocycles. The van der Waals surface area contributed by atoms with Gasteiger partial charge >= 0.3 is 0 Å². The molecule has 0 aliphatic carbocycles. The van der Waals surface area contributed by atoms with E-state index in [9.17, 15) is 4.79 Å². The molecule has 0 aliphatic heterocycles. The lowest BCUT2D eigenvalue weighted by atomic mass is 10.2. The maximum atomic E-state index is 12.1. The Morgan fingerprint density at radius 1 is 1.42 bits per heavy atom. The molecule has 0 radical (unpaired) electrons. The summed E-state index contributed by atoms with van der Waals surface area (Å²) in [4.78, 5) is 20.1. The van der Waals surface area contributed by atoms with Crippen LogP contribution in [0.2, 0.25) is 5.15 Å². The Hall–Kier alpha value is -2.14. The highest BCUT2D eigenvalue weighted by Crippen LogP contribution is 2.22. The highest BCUT2D eigenvalue weighted by Gasteiger charge is 2.14. The molecule has 0 bridgehead atoms. The molecule has 0 aromatic carbocycles. The van der Waals surface area contributed by atoms with Gasteiger partial charge in [-0.15, -0.1) is 0 Å². The SMILES string of the molecule is COc1ncccc1C(=O)Nc1cc(C)cnc1Cl. The largest absolute Gasteiger partial charge is 0.480 e. The fourth-order valence-electron chi connectivity index (χ4n) is 1.56. The average Bonchev–Trinajstić information content (AvgIpc) is 2.42. The Labute approximate surface area is 115 Å². The zero-order valence-corrected chi connectivity index (χ0v) is 11.2. The molecule has 2 aromatic rings. The number of aromatic nitrogens is 2. The number of methoxy groups -OCH3 is 1. The Kier molecular flexibility index (Phi) is 3.97. The first-order valence-electron chi connectivity index (χ1n) is 5.54. The number of nitrogens with one attached hydrogen (secondary N) is 1. The maximum Gasteiger partial charge on any atom is 0.261 e. The van der Waals surface area contributed by atoms with Crippen LogP contribution >= 0.6 is 11.6 Å². The number of amides is 1. The van der Waals surface area contributed by atoms with Gasteiger partial charge in [0.05, 0.1) is 12.8 Å². The van der Waals surface area contributed by atoms with Gasteiger partial charge in [0.1, 0.15) is 5.56 Å². The van der Waals surface area contributed by atoms with Gasteiger partial charge in [-0.3, -0.25) is 4.79 Å². The van der Waals surface area contributed by atoms with Crippen LogP contribution in [0.25, 0.3) is 0 Å². The third kappa shape index (κ3) is 3.00. The first kappa shape index (κ1) is 13.3. The smallest absolute Gasteiger partial charge is 0.261 e. The predicted octanol–water partition coefficient (Wildman–Crippen LogP) is 2.70. The summed E-state index contributed by atoms with van der Waals surface area (Å²) in [5.41, 5.74) is 1.69. The monoisotopic (exact) mass is 277 g/mol. The number of carbonyl (C=O) groups is 1. The molecule has 1 amide bonds. The minimum Gasteiger partial charge on any atom is -0.480 e. The quantitative estimate of drug-likeness (QED) is 0.876. The number of aryl methyl sites for hydroxylation is 1. The summed E-state index contributed by atoms with van der Waals surface area (Å²) < 4.78 is 5.04. The van der Waals surface area contributed by atoms with Gasteiger partial charge < -0.3 is 10.1 Å². The number of hydrogen-bond acceptors (Lipinski definition) is 4. The molecular formula is C13H12ClN3O2. The van der Waals surface area contributed by atoms with Crippen molar-refractivity contribution in [2.75, 3.05) is 12.4 Å². The molecule has 2 rings (SSSR count). The van der Waals surface area contributed by atoms with E-state index in [0.29, 0.717) is 11.3 Å². The molecular weight excluding hydrogens is 266 g/mol. The van der Waals surface area contributed by atoms with Crippen molar-refractivity contribution in [3.63, 3.8) is 0 Å². The van der Waals surface area contributed by atoms with E-state index in [4.69, 9.17) is 16.3 Å². The van der Waals surface area contributed by atoms with Gasteiger partial charge in [-0.25, -0.2) is 9.97 Å². The van der Waals surface area contributed by atoms with Crippen molar-refractivity contribution in [1.29, 1.82) is 0 Å².